The summed E-state index contributed by atoms with van der Waals surface area (Å²) in [6, 6.07) is 6.50. The van der Waals surface area contributed by atoms with Crippen LogP contribution in [-0.2, 0) is 0 Å². The lowest BCUT2D eigenvalue weighted by Crippen LogP contribution is -2.09. The van der Waals surface area contributed by atoms with Crippen LogP contribution in [0.3, 0.4) is 0 Å². The van der Waals surface area contributed by atoms with Crippen molar-refractivity contribution in [1.29, 1.82) is 0 Å². The molecule has 94 valence electrons. The lowest BCUT2D eigenvalue weighted by molar-refractivity contribution is 1.09. The summed E-state index contributed by atoms with van der Waals surface area (Å²) in [6.07, 6.45) is 1.25. The summed E-state index contributed by atoms with van der Waals surface area (Å²) in [7, 11) is 4.13. The molecule has 1 aromatic carbocycles. The van der Waals surface area contributed by atoms with Crippen molar-refractivity contribution in [1.82, 2.24) is 0 Å². The van der Waals surface area contributed by atoms with Gasteiger partial charge in [-0.05, 0) is 25.5 Å². The van der Waals surface area contributed by atoms with Gasteiger partial charge in [0.25, 0.3) is 0 Å². The van der Waals surface area contributed by atoms with Crippen molar-refractivity contribution in [2.45, 2.75) is 48.0 Å². The second-order valence-corrected chi connectivity index (χ2v) is 3.89. The molecule has 0 N–H and O–H groups in total. The van der Waals surface area contributed by atoms with Gasteiger partial charge in [-0.2, -0.15) is 0 Å². The zero-order chi connectivity index (χ0) is 13.1. The first kappa shape index (κ1) is 17.4. The number of hydrogen-bond acceptors (Lipinski definition) is 1. The highest BCUT2D eigenvalue weighted by Crippen LogP contribution is 2.17. The van der Waals surface area contributed by atoms with E-state index in [0.29, 0.717) is 0 Å². The van der Waals surface area contributed by atoms with E-state index in [2.05, 4.69) is 64.9 Å². The fraction of sp³-hybridized carbons (Fsp3) is 0.600. The molecule has 0 atom stereocenters. The number of aryl methyl sites for hydroxylation is 2. The zero-order valence-corrected chi connectivity index (χ0v) is 12.4. The molecule has 0 unspecified atom stereocenters. The molecule has 16 heavy (non-hydrogen) atoms. The number of nitrogens with zero attached hydrogens (tertiary/aromatic N) is 1. The summed E-state index contributed by atoms with van der Waals surface area (Å²) in [5.41, 5.74) is 3.97. The minimum absolute atomic E-state index is 1.25. The zero-order valence-electron chi connectivity index (χ0n) is 12.4. The van der Waals surface area contributed by atoms with Crippen molar-refractivity contribution in [3.63, 3.8) is 0 Å². The summed E-state index contributed by atoms with van der Waals surface area (Å²) < 4.78 is 0. The minimum atomic E-state index is 1.25. The van der Waals surface area contributed by atoms with E-state index in [1.165, 1.54) is 23.2 Å². The third-order valence-electron chi connectivity index (χ3n) is 1.83. The molecule has 0 radical (unpaired) electrons. The Morgan fingerprint density at radius 3 is 1.75 bits per heavy atom. The van der Waals surface area contributed by atoms with Crippen molar-refractivity contribution in [2.24, 2.45) is 0 Å². The monoisotopic (exact) mass is 223 g/mol. The molecular weight excluding hydrogens is 194 g/mol. The number of hydrogen-bond donors (Lipinski definition) is 0. The molecule has 0 spiro atoms. The minimum Gasteiger partial charge on any atom is -0.377 e. The van der Waals surface area contributed by atoms with Crippen LogP contribution in [-0.4, -0.2) is 14.1 Å². The van der Waals surface area contributed by atoms with Crippen LogP contribution < -0.4 is 4.90 Å². The Bertz CT molecular complexity index is 264. The van der Waals surface area contributed by atoms with E-state index in [0.717, 1.165) is 0 Å². The fourth-order valence-corrected chi connectivity index (χ4v) is 1.31. The Labute approximate surface area is 102 Å². The molecule has 0 fully saturated rings. The van der Waals surface area contributed by atoms with Crippen LogP contribution in [0.4, 0.5) is 5.69 Å². The van der Waals surface area contributed by atoms with E-state index in [1.54, 1.807) is 0 Å². The van der Waals surface area contributed by atoms with Gasteiger partial charge in [0.05, 0.1) is 0 Å². The van der Waals surface area contributed by atoms with Gasteiger partial charge >= 0.3 is 0 Å². The van der Waals surface area contributed by atoms with Crippen LogP contribution in [0.15, 0.2) is 18.2 Å². The molecule has 1 nitrogen and oxygen atoms in total. The average molecular weight is 223 g/mol. The van der Waals surface area contributed by atoms with Gasteiger partial charge in [0.1, 0.15) is 0 Å². The van der Waals surface area contributed by atoms with E-state index in [1.807, 2.05) is 13.8 Å². The maximum atomic E-state index is 2.20. The molecule has 1 rings (SSSR count). The summed E-state index contributed by atoms with van der Waals surface area (Å²) >= 11 is 0. The molecule has 0 saturated heterocycles. The maximum Gasteiger partial charge on any atom is 0.0390 e. The van der Waals surface area contributed by atoms with E-state index in [4.69, 9.17) is 0 Å². The first-order valence-electron chi connectivity index (χ1n) is 6.27. The predicted molar refractivity (Wildman–Crippen MR) is 77.6 cm³/mol. The first-order chi connectivity index (χ1) is 7.52. The Morgan fingerprint density at radius 2 is 1.44 bits per heavy atom. The van der Waals surface area contributed by atoms with Crippen molar-refractivity contribution in [3.05, 3.63) is 29.3 Å². The van der Waals surface area contributed by atoms with Crippen LogP contribution in [0.2, 0.25) is 0 Å². The summed E-state index contributed by atoms with van der Waals surface area (Å²) in [5, 5.41) is 0. The maximum absolute atomic E-state index is 2.20. The van der Waals surface area contributed by atoms with Crippen LogP contribution in [0.1, 0.15) is 45.2 Å². The third kappa shape index (κ3) is 7.33. The predicted octanol–water partition coefficient (Wildman–Crippen LogP) is 4.81. The van der Waals surface area contributed by atoms with Gasteiger partial charge in [0, 0.05) is 19.8 Å². The van der Waals surface area contributed by atoms with Gasteiger partial charge in [0.2, 0.25) is 0 Å². The molecule has 1 aromatic rings. The molecule has 0 heterocycles. The average Bonchev–Trinajstić information content (AvgIpc) is 2.21. The standard InChI is InChI=1S/C10H15N.C3H8.C2H6/c1-8-5-6-10(11(3)4)9(2)7-8;1-3-2;1-2/h5-7H,1-4H3;3H2,1-2H3;1-2H3. The third-order valence-corrected chi connectivity index (χ3v) is 1.83. The Morgan fingerprint density at radius 1 is 1.00 bits per heavy atom. The summed E-state index contributed by atoms with van der Waals surface area (Å²) in [6.45, 7) is 12.5. The number of benzene rings is 1. The second kappa shape index (κ2) is 10.5. The van der Waals surface area contributed by atoms with Crippen LogP contribution in [0, 0.1) is 13.8 Å². The number of rotatable bonds is 1. The quantitative estimate of drug-likeness (QED) is 0.660. The normalized spacial score (nSPS) is 8.25. The second-order valence-electron chi connectivity index (χ2n) is 3.89. The van der Waals surface area contributed by atoms with Crippen LogP contribution in [0.25, 0.3) is 0 Å². The van der Waals surface area contributed by atoms with E-state index >= 15 is 0 Å². The van der Waals surface area contributed by atoms with Gasteiger partial charge in [-0.3, -0.25) is 0 Å². The van der Waals surface area contributed by atoms with Gasteiger partial charge in [-0.25, -0.2) is 0 Å². The van der Waals surface area contributed by atoms with Gasteiger partial charge < -0.3 is 4.90 Å². The Balaban J connectivity index is 0. The van der Waals surface area contributed by atoms with E-state index in [9.17, 15) is 0 Å². The molecule has 0 amide bonds. The topological polar surface area (TPSA) is 3.24 Å². The highest BCUT2D eigenvalue weighted by Gasteiger charge is 1.98. The fourth-order valence-electron chi connectivity index (χ4n) is 1.31. The molecular formula is C15H29N. The molecule has 0 aliphatic carbocycles. The highest BCUT2D eigenvalue weighted by molar-refractivity contribution is 5.52. The first-order valence-corrected chi connectivity index (χ1v) is 6.27. The largest absolute Gasteiger partial charge is 0.377 e. The molecule has 0 aromatic heterocycles. The van der Waals surface area contributed by atoms with Gasteiger partial charge in [-0.1, -0.05) is 51.8 Å². The molecule has 0 saturated carbocycles. The van der Waals surface area contributed by atoms with E-state index < -0.39 is 0 Å². The SMILES string of the molecule is CC.CCC.Cc1ccc(N(C)C)c(C)c1. The van der Waals surface area contributed by atoms with Gasteiger partial charge in [0.15, 0.2) is 0 Å². The van der Waals surface area contributed by atoms with Gasteiger partial charge in [-0.15, -0.1) is 0 Å². The highest BCUT2D eigenvalue weighted by atomic mass is 15.1. The number of anilines is 1. The lowest BCUT2D eigenvalue weighted by Gasteiger charge is -2.15. The summed E-state index contributed by atoms with van der Waals surface area (Å²) in [4.78, 5) is 2.13. The lowest BCUT2D eigenvalue weighted by atomic mass is 10.1. The van der Waals surface area contributed by atoms with Crippen molar-refractivity contribution >= 4 is 5.69 Å². The molecule has 1 heteroatoms. The molecule has 0 bridgehead atoms. The smallest absolute Gasteiger partial charge is 0.0390 e. The molecule has 0 aliphatic heterocycles. The Kier molecular flexibility index (Phi) is 11.5. The van der Waals surface area contributed by atoms with Crippen molar-refractivity contribution < 1.29 is 0 Å². The van der Waals surface area contributed by atoms with Crippen LogP contribution >= 0.6 is 0 Å². The Hall–Kier alpha value is -0.980. The van der Waals surface area contributed by atoms with Crippen LogP contribution in [0.5, 0.6) is 0 Å². The van der Waals surface area contributed by atoms with E-state index in [-0.39, 0.29) is 0 Å². The van der Waals surface area contributed by atoms with Crippen molar-refractivity contribution in [2.75, 3.05) is 19.0 Å². The molecule has 0 aliphatic rings. The summed E-state index contributed by atoms with van der Waals surface area (Å²) in [5.74, 6) is 0. The van der Waals surface area contributed by atoms with Crippen molar-refractivity contribution in [3.8, 4) is 0 Å².